The van der Waals surface area contributed by atoms with E-state index in [0.717, 1.165) is 44.5 Å². The molecule has 1 aliphatic rings. The molecule has 0 aromatic heterocycles. The number of hydrogen-bond donors (Lipinski definition) is 1. The van der Waals surface area contributed by atoms with Gasteiger partial charge in [-0.3, -0.25) is 9.79 Å². The maximum Gasteiger partial charge on any atom is 0.194 e. The van der Waals surface area contributed by atoms with Crippen LogP contribution in [0.4, 0.5) is 5.69 Å². The number of rotatable bonds is 1. The number of nitrogens with one attached hydrogen (secondary N) is 1. The molecule has 23 heavy (non-hydrogen) atoms. The van der Waals surface area contributed by atoms with Gasteiger partial charge in [-0.15, -0.1) is 0 Å². The van der Waals surface area contributed by atoms with Gasteiger partial charge in [0.05, 0.1) is 5.84 Å². The largest absolute Gasteiger partial charge is 0.344 e. The van der Waals surface area contributed by atoms with Gasteiger partial charge in [-0.1, -0.05) is 48.5 Å². The first-order valence-corrected chi connectivity index (χ1v) is 7.61. The van der Waals surface area contributed by atoms with Gasteiger partial charge >= 0.3 is 0 Å². The maximum absolute atomic E-state index is 12.8. The number of carbonyl (C=O) groups is 1. The summed E-state index contributed by atoms with van der Waals surface area (Å²) in [4.78, 5) is 17.0. The van der Waals surface area contributed by atoms with Gasteiger partial charge in [0.15, 0.2) is 5.78 Å². The lowest BCUT2D eigenvalue weighted by Crippen LogP contribution is -2.12. The molecule has 4 rings (SSSR count). The van der Waals surface area contributed by atoms with E-state index >= 15 is 0 Å². The van der Waals surface area contributed by atoms with E-state index < -0.39 is 0 Å². The Bertz CT molecular complexity index is 986. The Morgan fingerprint density at radius 1 is 0.870 bits per heavy atom. The summed E-state index contributed by atoms with van der Waals surface area (Å²) in [5, 5.41) is 5.38. The van der Waals surface area contributed by atoms with E-state index in [1.165, 1.54) is 0 Å². The zero-order valence-corrected chi connectivity index (χ0v) is 13.1. The van der Waals surface area contributed by atoms with Crippen molar-refractivity contribution in [2.24, 2.45) is 4.99 Å². The van der Waals surface area contributed by atoms with Crippen LogP contribution in [-0.4, -0.2) is 18.7 Å². The highest BCUT2D eigenvalue weighted by molar-refractivity contribution is 6.27. The van der Waals surface area contributed by atoms with Crippen molar-refractivity contribution in [2.45, 2.75) is 6.92 Å². The van der Waals surface area contributed by atoms with Crippen molar-refractivity contribution in [2.75, 3.05) is 12.4 Å². The smallest absolute Gasteiger partial charge is 0.194 e. The molecule has 3 aromatic rings. The third-order valence-electron chi connectivity index (χ3n) is 4.40. The monoisotopic (exact) mass is 300 g/mol. The molecule has 0 radical (unpaired) electrons. The quantitative estimate of drug-likeness (QED) is 0.415. The lowest BCUT2D eigenvalue weighted by molar-refractivity contribution is 0.104. The molecule has 0 saturated heterocycles. The molecule has 0 heterocycles. The van der Waals surface area contributed by atoms with E-state index in [-0.39, 0.29) is 5.78 Å². The van der Waals surface area contributed by atoms with Crippen molar-refractivity contribution in [1.29, 1.82) is 0 Å². The molecule has 0 aliphatic heterocycles. The van der Waals surface area contributed by atoms with Crippen LogP contribution >= 0.6 is 0 Å². The van der Waals surface area contributed by atoms with Gasteiger partial charge in [0, 0.05) is 34.6 Å². The van der Waals surface area contributed by atoms with Crippen LogP contribution in [0.3, 0.4) is 0 Å². The lowest BCUT2D eigenvalue weighted by atomic mass is 9.82. The average molecular weight is 300 g/mol. The maximum atomic E-state index is 12.8. The molecule has 0 bridgehead atoms. The highest BCUT2D eigenvalue weighted by Crippen LogP contribution is 2.41. The van der Waals surface area contributed by atoms with Crippen molar-refractivity contribution in [3.8, 4) is 11.1 Å². The second kappa shape index (κ2) is 5.06. The van der Waals surface area contributed by atoms with Crippen molar-refractivity contribution in [3.63, 3.8) is 0 Å². The summed E-state index contributed by atoms with van der Waals surface area (Å²) >= 11 is 0. The zero-order chi connectivity index (χ0) is 16.0. The summed E-state index contributed by atoms with van der Waals surface area (Å²) in [5.74, 6) is 0.935. The molecule has 0 atom stereocenters. The SMILES string of the molecule is CN=C(C)Nc1ccc2c3c(cccc13)C(=O)c1ccccc1-2. The Hall–Kier alpha value is -2.94. The third kappa shape index (κ3) is 1.97. The molecule has 3 heteroatoms. The summed E-state index contributed by atoms with van der Waals surface area (Å²) in [7, 11) is 1.76. The third-order valence-corrected chi connectivity index (χ3v) is 4.40. The van der Waals surface area contributed by atoms with E-state index in [1.54, 1.807) is 7.05 Å². The highest BCUT2D eigenvalue weighted by Gasteiger charge is 2.25. The van der Waals surface area contributed by atoms with E-state index in [9.17, 15) is 4.79 Å². The summed E-state index contributed by atoms with van der Waals surface area (Å²) < 4.78 is 0. The first-order valence-electron chi connectivity index (χ1n) is 7.61. The first kappa shape index (κ1) is 13.7. The van der Waals surface area contributed by atoms with Gasteiger partial charge in [0.1, 0.15) is 0 Å². The minimum atomic E-state index is 0.0942. The fraction of sp³-hybridized carbons (Fsp3) is 0.100. The molecule has 112 valence electrons. The number of anilines is 1. The minimum absolute atomic E-state index is 0.0942. The fourth-order valence-corrected chi connectivity index (χ4v) is 3.24. The van der Waals surface area contributed by atoms with E-state index in [2.05, 4.69) is 28.5 Å². The molecule has 3 aromatic carbocycles. The second-order valence-electron chi connectivity index (χ2n) is 5.70. The van der Waals surface area contributed by atoms with Crippen LogP contribution in [-0.2, 0) is 0 Å². The van der Waals surface area contributed by atoms with Crippen LogP contribution in [0.25, 0.3) is 21.9 Å². The number of amidine groups is 1. The van der Waals surface area contributed by atoms with E-state index in [1.807, 2.05) is 43.3 Å². The summed E-state index contributed by atoms with van der Waals surface area (Å²) in [6.45, 7) is 1.93. The Morgan fingerprint density at radius 3 is 2.39 bits per heavy atom. The standard InChI is InChI=1S/C20H16N2O/c1-12(21-2)22-18-11-10-14-13-6-3-4-7-15(13)20(23)17-9-5-8-16(18)19(14)17/h3-11H,1-2H3,(H,21,22). The van der Waals surface area contributed by atoms with Crippen LogP contribution in [0.15, 0.2) is 59.6 Å². The van der Waals surface area contributed by atoms with Crippen LogP contribution < -0.4 is 5.32 Å². The van der Waals surface area contributed by atoms with Crippen molar-refractivity contribution in [3.05, 3.63) is 65.7 Å². The number of benzene rings is 3. The van der Waals surface area contributed by atoms with Crippen molar-refractivity contribution < 1.29 is 4.79 Å². The number of ketones is 1. The minimum Gasteiger partial charge on any atom is -0.344 e. The van der Waals surface area contributed by atoms with Gasteiger partial charge in [-0.2, -0.15) is 0 Å². The Kier molecular flexibility index (Phi) is 3.01. The van der Waals surface area contributed by atoms with Crippen molar-refractivity contribution >= 4 is 28.1 Å². The molecular formula is C20H16N2O. The van der Waals surface area contributed by atoms with Crippen LogP contribution in [0.5, 0.6) is 0 Å². The van der Waals surface area contributed by atoms with Gasteiger partial charge in [0.25, 0.3) is 0 Å². The molecule has 1 N–H and O–H groups in total. The summed E-state index contributed by atoms with van der Waals surface area (Å²) in [6.07, 6.45) is 0. The Balaban J connectivity index is 2.07. The van der Waals surface area contributed by atoms with Crippen LogP contribution in [0.1, 0.15) is 22.8 Å². The Morgan fingerprint density at radius 2 is 1.61 bits per heavy atom. The molecular weight excluding hydrogens is 284 g/mol. The summed E-state index contributed by atoms with van der Waals surface area (Å²) in [5.41, 5.74) is 4.64. The van der Waals surface area contributed by atoms with Gasteiger partial charge in [-0.05, 0) is 24.1 Å². The second-order valence-corrected chi connectivity index (χ2v) is 5.70. The number of fused-ring (bicyclic) bond motifs is 2. The number of aliphatic imine (C=N–C) groups is 1. The van der Waals surface area contributed by atoms with Crippen molar-refractivity contribution in [1.82, 2.24) is 0 Å². The number of hydrogen-bond acceptors (Lipinski definition) is 2. The number of carbonyl (C=O) groups excluding carboxylic acids is 1. The predicted octanol–water partition coefficient (Wildman–Crippen LogP) is 4.51. The molecule has 0 fully saturated rings. The Labute approximate surface area is 134 Å². The van der Waals surface area contributed by atoms with Gasteiger partial charge in [-0.25, -0.2) is 0 Å². The molecule has 0 unspecified atom stereocenters. The normalized spacial score (nSPS) is 13.1. The first-order chi connectivity index (χ1) is 11.2. The fourth-order valence-electron chi connectivity index (χ4n) is 3.24. The van der Waals surface area contributed by atoms with Gasteiger partial charge in [0.2, 0.25) is 0 Å². The van der Waals surface area contributed by atoms with Crippen LogP contribution in [0, 0.1) is 0 Å². The summed E-state index contributed by atoms with van der Waals surface area (Å²) in [6, 6.07) is 17.9. The lowest BCUT2D eigenvalue weighted by Gasteiger charge is -2.21. The zero-order valence-electron chi connectivity index (χ0n) is 13.1. The highest BCUT2D eigenvalue weighted by atomic mass is 16.1. The molecule has 0 saturated carbocycles. The number of nitrogens with zero attached hydrogens (tertiary/aromatic N) is 1. The van der Waals surface area contributed by atoms with E-state index in [0.29, 0.717) is 0 Å². The molecule has 0 spiro atoms. The van der Waals surface area contributed by atoms with Gasteiger partial charge < -0.3 is 5.32 Å². The topological polar surface area (TPSA) is 41.5 Å². The average Bonchev–Trinajstić information content (AvgIpc) is 2.60. The molecule has 0 amide bonds. The predicted molar refractivity (Wildman–Crippen MR) is 95.5 cm³/mol. The van der Waals surface area contributed by atoms with Crippen LogP contribution in [0.2, 0.25) is 0 Å². The molecule has 1 aliphatic carbocycles. The van der Waals surface area contributed by atoms with E-state index in [4.69, 9.17) is 0 Å². The molecule has 3 nitrogen and oxygen atoms in total.